The van der Waals surface area contributed by atoms with Gasteiger partial charge < -0.3 is 0 Å². The lowest BCUT2D eigenvalue weighted by Gasteiger charge is -2.13. The Kier molecular flexibility index (Phi) is 4.26. The molecular formula is C14H18. The normalized spacial score (nSPS) is 12.1. The molecule has 0 saturated heterocycles. The van der Waals surface area contributed by atoms with Gasteiger partial charge in [-0.15, -0.1) is 12.3 Å². The molecule has 0 amide bonds. The van der Waals surface area contributed by atoms with Crippen molar-refractivity contribution in [3.63, 3.8) is 0 Å². The highest BCUT2D eigenvalue weighted by Gasteiger charge is 2.08. The first-order valence-electron chi connectivity index (χ1n) is 5.28. The highest BCUT2D eigenvalue weighted by Crippen LogP contribution is 2.24. The molecule has 0 heteroatoms. The second-order valence-electron chi connectivity index (χ2n) is 3.80. The van der Waals surface area contributed by atoms with Gasteiger partial charge in [-0.3, -0.25) is 0 Å². The van der Waals surface area contributed by atoms with Crippen molar-refractivity contribution in [1.82, 2.24) is 0 Å². The number of rotatable bonds is 4. The van der Waals surface area contributed by atoms with Crippen LogP contribution in [0.1, 0.15) is 43.2 Å². The van der Waals surface area contributed by atoms with Gasteiger partial charge in [-0.2, -0.15) is 0 Å². The molecule has 0 nitrogen and oxygen atoms in total. The quantitative estimate of drug-likeness (QED) is 0.625. The zero-order valence-corrected chi connectivity index (χ0v) is 9.09. The summed E-state index contributed by atoms with van der Waals surface area (Å²) in [5, 5.41) is 0. The van der Waals surface area contributed by atoms with Crippen molar-refractivity contribution in [3.8, 4) is 12.3 Å². The molecule has 1 aromatic carbocycles. The minimum absolute atomic E-state index is 0.547. The van der Waals surface area contributed by atoms with Crippen molar-refractivity contribution in [2.75, 3.05) is 0 Å². The monoisotopic (exact) mass is 186 g/mol. The summed E-state index contributed by atoms with van der Waals surface area (Å²) in [5.74, 6) is 3.31. The fourth-order valence-corrected chi connectivity index (χ4v) is 1.72. The van der Waals surface area contributed by atoms with Crippen LogP contribution in [0.5, 0.6) is 0 Å². The molecule has 0 aliphatic rings. The summed E-state index contributed by atoms with van der Waals surface area (Å²) >= 11 is 0. The van der Waals surface area contributed by atoms with Crippen molar-refractivity contribution in [2.24, 2.45) is 0 Å². The summed E-state index contributed by atoms with van der Waals surface area (Å²) in [6.07, 6.45) is 8.62. The van der Waals surface area contributed by atoms with Crippen LogP contribution in [0.15, 0.2) is 24.3 Å². The highest BCUT2D eigenvalue weighted by molar-refractivity contribution is 5.25. The summed E-state index contributed by atoms with van der Waals surface area (Å²) in [4.78, 5) is 0. The van der Waals surface area contributed by atoms with Crippen LogP contribution >= 0.6 is 0 Å². The summed E-state index contributed by atoms with van der Waals surface area (Å²) in [7, 11) is 0. The Morgan fingerprint density at radius 2 is 1.93 bits per heavy atom. The van der Waals surface area contributed by atoms with E-state index in [0.29, 0.717) is 5.92 Å². The summed E-state index contributed by atoms with van der Waals surface area (Å²) in [5.41, 5.74) is 2.69. The lowest BCUT2D eigenvalue weighted by atomic mass is 9.91. The lowest BCUT2D eigenvalue weighted by molar-refractivity contribution is 0.628. The van der Waals surface area contributed by atoms with E-state index in [2.05, 4.69) is 44.0 Å². The molecule has 1 unspecified atom stereocenters. The smallest absolute Gasteiger partial charge is 0.0155 e. The zero-order chi connectivity index (χ0) is 10.4. The molecule has 74 valence electrons. The van der Waals surface area contributed by atoms with Gasteiger partial charge >= 0.3 is 0 Å². The van der Waals surface area contributed by atoms with Gasteiger partial charge in [0.05, 0.1) is 0 Å². The van der Waals surface area contributed by atoms with Gasteiger partial charge in [-0.25, -0.2) is 0 Å². The summed E-state index contributed by atoms with van der Waals surface area (Å²) in [6.45, 7) is 4.32. The van der Waals surface area contributed by atoms with Crippen molar-refractivity contribution < 1.29 is 0 Å². The summed E-state index contributed by atoms with van der Waals surface area (Å²) in [6, 6.07) is 8.73. The fourth-order valence-electron chi connectivity index (χ4n) is 1.72. The summed E-state index contributed by atoms with van der Waals surface area (Å²) < 4.78 is 0. The second kappa shape index (κ2) is 5.50. The standard InChI is InChI=1S/C14H18/c1-4-6-13(7-5-2)14-10-8-12(3)9-11-14/h1,8-11,13H,5-7H2,2-3H3. The van der Waals surface area contributed by atoms with Crippen LogP contribution < -0.4 is 0 Å². The van der Waals surface area contributed by atoms with E-state index in [0.717, 1.165) is 6.42 Å². The predicted molar refractivity (Wildman–Crippen MR) is 62.3 cm³/mol. The number of hydrogen-bond acceptors (Lipinski definition) is 0. The van der Waals surface area contributed by atoms with E-state index in [1.54, 1.807) is 0 Å². The maximum atomic E-state index is 5.38. The number of terminal acetylenes is 1. The Balaban J connectivity index is 2.77. The minimum Gasteiger partial charge on any atom is -0.120 e. The predicted octanol–water partition coefficient (Wildman–Crippen LogP) is 3.90. The van der Waals surface area contributed by atoms with Crippen molar-refractivity contribution in [2.45, 2.75) is 39.0 Å². The van der Waals surface area contributed by atoms with E-state index in [9.17, 15) is 0 Å². The molecule has 0 aliphatic heterocycles. The molecule has 1 rings (SSSR count). The molecular weight excluding hydrogens is 168 g/mol. The van der Waals surface area contributed by atoms with E-state index in [1.807, 2.05) is 0 Å². The Labute approximate surface area is 87.4 Å². The van der Waals surface area contributed by atoms with Crippen LogP contribution in [-0.4, -0.2) is 0 Å². The third-order valence-corrected chi connectivity index (χ3v) is 2.55. The molecule has 0 saturated carbocycles. The molecule has 14 heavy (non-hydrogen) atoms. The van der Waals surface area contributed by atoms with Crippen molar-refractivity contribution >= 4 is 0 Å². The maximum Gasteiger partial charge on any atom is 0.0155 e. The first-order valence-corrected chi connectivity index (χ1v) is 5.28. The fraction of sp³-hybridized carbons (Fsp3) is 0.429. The molecule has 1 aromatic rings. The third-order valence-electron chi connectivity index (χ3n) is 2.55. The SMILES string of the molecule is C#CCC(CCC)c1ccc(C)cc1. The van der Waals surface area contributed by atoms with Crippen LogP contribution in [-0.2, 0) is 0 Å². The molecule has 0 fully saturated rings. The maximum absolute atomic E-state index is 5.38. The molecule has 0 bridgehead atoms. The Morgan fingerprint density at radius 3 is 2.43 bits per heavy atom. The van der Waals surface area contributed by atoms with Gasteiger partial charge in [0.2, 0.25) is 0 Å². The second-order valence-corrected chi connectivity index (χ2v) is 3.80. The molecule has 0 spiro atoms. The van der Waals surface area contributed by atoms with Gasteiger partial charge in [0.25, 0.3) is 0 Å². The zero-order valence-electron chi connectivity index (χ0n) is 9.09. The first-order chi connectivity index (χ1) is 6.77. The molecule has 0 radical (unpaired) electrons. The van der Waals surface area contributed by atoms with E-state index in [4.69, 9.17) is 6.42 Å². The number of hydrogen-bond donors (Lipinski definition) is 0. The van der Waals surface area contributed by atoms with Gasteiger partial charge in [0.15, 0.2) is 0 Å². The number of benzene rings is 1. The topological polar surface area (TPSA) is 0 Å². The largest absolute Gasteiger partial charge is 0.120 e. The van der Waals surface area contributed by atoms with Gasteiger partial charge in [-0.1, -0.05) is 43.2 Å². The molecule has 0 N–H and O–H groups in total. The number of aryl methyl sites for hydroxylation is 1. The average molecular weight is 186 g/mol. The lowest BCUT2D eigenvalue weighted by Crippen LogP contribution is -1.97. The Morgan fingerprint density at radius 1 is 1.29 bits per heavy atom. The van der Waals surface area contributed by atoms with Gasteiger partial charge in [0.1, 0.15) is 0 Å². The molecule has 0 heterocycles. The third kappa shape index (κ3) is 2.92. The van der Waals surface area contributed by atoms with Crippen LogP contribution in [0.4, 0.5) is 0 Å². The van der Waals surface area contributed by atoms with Crippen molar-refractivity contribution in [1.29, 1.82) is 0 Å². The van der Waals surface area contributed by atoms with Crippen molar-refractivity contribution in [3.05, 3.63) is 35.4 Å². The highest BCUT2D eigenvalue weighted by atomic mass is 14.1. The van der Waals surface area contributed by atoms with Crippen LogP contribution in [0.2, 0.25) is 0 Å². The van der Waals surface area contributed by atoms with E-state index in [1.165, 1.54) is 24.0 Å². The van der Waals surface area contributed by atoms with E-state index >= 15 is 0 Å². The minimum atomic E-state index is 0.547. The van der Waals surface area contributed by atoms with E-state index < -0.39 is 0 Å². The van der Waals surface area contributed by atoms with Gasteiger partial charge in [-0.05, 0) is 24.8 Å². The van der Waals surface area contributed by atoms with E-state index in [-0.39, 0.29) is 0 Å². The first kappa shape index (κ1) is 10.9. The van der Waals surface area contributed by atoms with Crippen LogP contribution in [0.3, 0.4) is 0 Å². The van der Waals surface area contributed by atoms with Crippen LogP contribution in [0.25, 0.3) is 0 Å². The Bertz CT molecular complexity index is 300. The van der Waals surface area contributed by atoms with Crippen LogP contribution in [0, 0.1) is 19.3 Å². The average Bonchev–Trinajstić information content (AvgIpc) is 2.19. The molecule has 1 atom stereocenters. The Hall–Kier alpha value is -1.22. The van der Waals surface area contributed by atoms with Gasteiger partial charge in [0, 0.05) is 6.42 Å². The molecule has 0 aromatic heterocycles. The molecule has 0 aliphatic carbocycles.